The highest BCUT2D eigenvalue weighted by Crippen LogP contribution is 2.26. The van der Waals surface area contributed by atoms with Crippen LogP contribution in [0.15, 0.2) is 48.0 Å². The van der Waals surface area contributed by atoms with Crippen LogP contribution in [-0.4, -0.2) is 10.2 Å². The standard InChI is InChI=1S/C15H15N3S/c1-11-5-2-3-6-13(11)16-9-12-10-17-18-15(12)14-7-4-8-19-14/h2-8,10,16H,9H2,1H3,(H,17,18). The number of aromatic nitrogens is 2. The Morgan fingerprint density at radius 1 is 1.21 bits per heavy atom. The molecule has 0 radical (unpaired) electrons. The lowest BCUT2D eigenvalue weighted by molar-refractivity contribution is 1.10. The molecule has 0 fully saturated rings. The molecule has 96 valence electrons. The molecule has 0 aliphatic heterocycles. The van der Waals surface area contributed by atoms with Crippen LogP contribution in [0.2, 0.25) is 0 Å². The molecule has 0 aliphatic rings. The summed E-state index contributed by atoms with van der Waals surface area (Å²) in [6, 6.07) is 12.4. The van der Waals surface area contributed by atoms with E-state index in [9.17, 15) is 0 Å². The van der Waals surface area contributed by atoms with E-state index in [-0.39, 0.29) is 0 Å². The maximum absolute atomic E-state index is 4.34. The Kier molecular flexibility index (Phi) is 3.33. The van der Waals surface area contributed by atoms with Gasteiger partial charge in [-0.3, -0.25) is 5.10 Å². The van der Waals surface area contributed by atoms with Gasteiger partial charge in [0.25, 0.3) is 0 Å². The maximum Gasteiger partial charge on any atom is 0.107 e. The van der Waals surface area contributed by atoms with E-state index >= 15 is 0 Å². The molecule has 1 aromatic carbocycles. The van der Waals surface area contributed by atoms with Crippen molar-refractivity contribution in [3.05, 3.63) is 59.1 Å². The van der Waals surface area contributed by atoms with Crippen molar-refractivity contribution in [2.75, 3.05) is 5.32 Å². The first-order valence-corrected chi connectivity index (χ1v) is 7.08. The van der Waals surface area contributed by atoms with Crippen LogP contribution in [0.1, 0.15) is 11.1 Å². The molecule has 19 heavy (non-hydrogen) atoms. The van der Waals surface area contributed by atoms with Crippen LogP contribution in [0.3, 0.4) is 0 Å². The van der Waals surface area contributed by atoms with Gasteiger partial charge in [0.2, 0.25) is 0 Å². The quantitative estimate of drug-likeness (QED) is 0.750. The highest BCUT2D eigenvalue weighted by Gasteiger charge is 2.09. The van der Waals surface area contributed by atoms with E-state index in [0.717, 1.165) is 12.2 Å². The highest BCUT2D eigenvalue weighted by atomic mass is 32.1. The number of anilines is 1. The molecular formula is C15H15N3S. The van der Waals surface area contributed by atoms with Gasteiger partial charge in [0, 0.05) is 24.0 Å². The van der Waals surface area contributed by atoms with Crippen LogP contribution in [0.25, 0.3) is 10.6 Å². The zero-order valence-electron chi connectivity index (χ0n) is 10.7. The number of rotatable bonds is 4. The fourth-order valence-electron chi connectivity index (χ4n) is 2.04. The van der Waals surface area contributed by atoms with Crippen molar-refractivity contribution >= 4 is 17.0 Å². The zero-order chi connectivity index (χ0) is 13.1. The number of nitrogens with one attached hydrogen (secondary N) is 2. The van der Waals surface area contributed by atoms with E-state index in [4.69, 9.17) is 0 Å². The van der Waals surface area contributed by atoms with Crippen LogP contribution in [0.4, 0.5) is 5.69 Å². The molecule has 3 nitrogen and oxygen atoms in total. The number of benzene rings is 1. The van der Waals surface area contributed by atoms with Crippen LogP contribution in [0.5, 0.6) is 0 Å². The van der Waals surface area contributed by atoms with Gasteiger partial charge in [-0.1, -0.05) is 24.3 Å². The predicted molar refractivity (Wildman–Crippen MR) is 80.4 cm³/mol. The molecular weight excluding hydrogens is 254 g/mol. The fraction of sp³-hybridized carbons (Fsp3) is 0.133. The highest BCUT2D eigenvalue weighted by molar-refractivity contribution is 7.13. The summed E-state index contributed by atoms with van der Waals surface area (Å²) in [6.45, 7) is 2.88. The summed E-state index contributed by atoms with van der Waals surface area (Å²) in [7, 11) is 0. The van der Waals surface area contributed by atoms with Gasteiger partial charge in [-0.25, -0.2) is 0 Å². The molecule has 3 aromatic rings. The Morgan fingerprint density at radius 2 is 2.11 bits per heavy atom. The van der Waals surface area contributed by atoms with Crippen molar-refractivity contribution in [3.8, 4) is 10.6 Å². The molecule has 4 heteroatoms. The number of aromatic amines is 1. The first kappa shape index (κ1) is 12.0. The van der Waals surface area contributed by atoms with Crippen molar-refractivity contribution in [2.45, 2.75) is 13.5 Å². The van der Waals surface area contributed by atoms with Gasteiger partial charge in [-0.05, 0) is 30.0 Å². The molecule has 0 saturated carbocycles. The predicted octanol–water partition coefficient (Wildman–Crippen LogP) is 4.06. The first-order chi connectivity index (χ1) is 9.34. The number of hydrogen-bond donors (Lipinski definition) is 2. The summed E-state index contributed by atoms with van der Waals surface area (Å²) in [4.78, 5) is 1.20. The van der Waals surface area contributed by atoms with E-state index in [1.807, 2.05) is 18.3 Å². The van der Waals surface area contributed by atoms with Gasteiger partial charge < -0.3 is 5.32 Å². The van der Waals surface area contributed by atoms with Gasteiger partial charge in [0.05, 0.1) is 4.88 Å². The van der Waals surface area contributed by atoms with Crippen LogP contribution in [-0.2, 0) is 6.54 Å². The van der Waals surface area contributed by atoms with E-state index in [1.165, 1.54) is 21.7 Å². The molecule has 0 saturated heterocycles. The second kappa shape index (κ2) is 5.28. The average Bonchev–Trinajstić information content (AvgIpc) is 3.08. The number of hydrogen-bond acceptors (Lipinski definition) is 3. The maximum atomic E-state index is 4.34. The van der Waals surface area contributed by atoms with Crippen molar-refractivity contribution in [2.24, 2.45) is 0 Å². The lowest BCUT2D eigenvalue weighted by Crippen LogP contribution is -2.01. The molecule has 2 N–H and O–H groups in total. The summed E-state index contributed by atoms with van der Waals surface area (Å²) >= 11 is 1.71. The molecule has 0 atom stereocenters. The Bertz CT molecular complexity index is 656. The number of aryl methyl sites for hydroxylation is 1. The largest absolute Gasteiger partial charge is 0.381 e. The Balaban J connectivity index is 1.78. The molecule has 0 aliphatic carbocycles. The minimum Gasteiger partial charge on any atom is -0.381 e. The molecule has 2 aromatic heterocycles. The monoisotopic (exact) mass is 269 g/mol. The lowest BCUT2D eigenvalue weighted by Gasteiger charge is -2.08. The Labute approximate surface area is 116 Å². The fourth-order valence-corrected chi connectivity index (χ4v) is 2.79. The smallest absolute Gasteiger partial charge is 0.107 e. The van der Waals surface area contributed by atoms with Crippen molar-refractivity contribution in [1.82, 2.24) is 10.2 Å². The van der Waals surface area contributed by atoms with Crippen LogP contribution in [0, 0.1) is 6.92 Å². The summed E-state index contributed by atoms with van der Waals surface area (Å²) < 4.78 is 0. The van der Waals surface area contributed by atoms with Crippen LogP contribution >= 0.6 is 11.3 Å². The second-order valence-electron chi connectivity index (χ2n) is 4.40. The Morgan fingerprint density at radius 3 is 2.89 bits per heavy atom. The summed E-state index contributed by atoms with van der Waals surface area (Å²) in [5.41, 5.74) is 4.64. The molecule has 0 spiro atoms. The van der Waals surface area contributed by atoms with Crippen LogP contribution < -0.4 is 5.32 Å². The molecule has 2 heterocycles. The van der Waals surface area contributed by atoms with Crippen molar-refractivity contribution in [1.29, 1.82) is 0 Å². The van der Waals surface area contributed by atoms with Gasteiger partial charge >= 0.3 is 0 Å². The third-order valence-electron chi connectivity index (χ3n) is 3.09. The third-order valence-corrected chi connectivity index (χ3v) is 3.96. The zero-order valence-corrected chi connectivity index (χ0v) is 11.5. The van der Waals surface area contributed by atoms with E-state index < -0.39 is 0 Å². The SMILES string of the molecule is Cc1ccccc1NCc1c[nH]nc1-c1cccs1. The van der Waals surface area contributed by atoms with E-state index in [0.29, 0.717) is 0 Å². The lowest BCUT2D eigenvalue weighted by atomic mass is 10.2. The van der Waals surface area contributed by atoms with Gasteiger partial charge in [0.15, 0.2) is 0 Å². The summed E-state index contributed by atoms with van der Waals surface area (Å²) in [6.07, 6.45) is 1.96. The Hall–Kier alpha value is -2.07. The topological polar surface area (TPSA) is 40.7 Å². The molecule has 0 amide bonds. The minimum absolute atomic E-state index is 0.772. The van der Waals surface area contributed by atoms with Gasteiger partial charge in [0.1, 0.15) is 5.69 Å². The third kappa shape index (κ3) is 2.53. The number of thiophene rings is 1. The first-order valence-electron chi connectivity index (χ1n) is 6.20. The van der Waals surface area contributed by atoms with E-state index in [2.05, 4.69) is 52.1 Å². The summed E-state index contributed by atoms with van der Waals surface area (Å²) in [5.74, 6) is 0. The van der Waals surface area contributed by atoms with Gasteiger partial charge in [-0.15, -0.1) is 11.3 Å². The van der Waals surface area contributed by atoms with Crippen molar-refractivity contribution in [3.63, 3.8) is 0 Å². The summed E-state index contributed by atoms with van der Waals surface area (Å²) in [5, 5.41) is 12.8. The number of H-pyrrole nitrogens is 1. The average molecular weight is 269 g/mol. The minimum atomic E-state index is 0.772. The number of para-hydroxylation sites is 1. The second-order valence-corrected chi connectivity index (χ2v) is 5.35. The van der Waals surface area contributed by atoms with Crippen molar-refractivity contribution < 1.29 is 0 Å². The van der Waals surface area contributed by atoms with Gasteiger partial charge in [-0.2, -0.15) is 5.10 Å². The number of nitrogens with zero attached hydrogens (tertiary/aromatic N) is 1. The normalized spacial score (nSPS) is 10.6. The molecule has 0 unspecified atom stereocenters. The molecule has 3 rings (SSSR count). The molecule has 0 bridgehead atoms. The van der Waals surface area contributed by atoms with E-state index in [1.54, 1.807) is 11.3 Å².